The van der Waals surface area contributed by atoms with Crippen molar-refractivity contribution < 1.29 is 9.84 Å². The Kier molecular flexibility index (Phi) is 6.53. The molecule has 0 aliphatic heterocycles. The molecule has 0 aliphatic rings. The van der Waals surface area contributed by atoms with E-state index in [2.05, 4.69) is 43.6 Å². The second kappa shape index (κ2) is 7.46. The molecular formula is C17H27BrO2. The van der Waals surface area contributed by atoms with Crippen LogP contribution in [0.2, 0.25) is 0 Å². The van der Waals surface area contributed by atoms with Gasteiger partial charge in [-0.25, -0.2) is 0 Å². The Hall–Kier alpha value is -0.540. The SMILES string of the molecule is COc1ccc(CC(O)(CC(C)C)CC(C)C)cc1Br. The lowest BCUT2D eigenvalue weighted by Gasteiger charge is -2.32. The molecule has 1 aromatic rings. The normalized spacial score (nSPS) is 12.2. The maximum absolute atomic E-state index is 11.0. The van der Waals surface area contributed by atoms with Gasteiger partial charge in [-0.3, -0.25) is 0 Å². The van der Waals surface area contributed by atoms with Crippen LogP contribution in [-0.4, -0.2) is 17.8 Å². The van der Waals surface area contributed by atoms with Crippen LogP contribution >= 0.6 is 15.9 Å². The molecule has 0 saturated heterocycles. The van der Waals surface area contributed by atoms with E-state index in [-0.39, 0.29) is 0 Å². The first-order valence-corrected chi connectivity index (χ1v) is 8.10. The van der Waals surface area contributed by atoms with Gasteiger partial charge in [-0.15, -0.1) is 0 Å². The Morgan fingerprint density at radius 3 is 2.10 bits per heavy atom. The molecule has 114 valence electrons. The minimum Gasteiger partial charge on any atom is -0.496 e. The summed E-state index contributed by atoms with van der Waals surface area (Å²) in [5.74, 6) is 1.80. The van der Waals surface area contributed by atoms with Crippen LogP contribution in [0.3, 0.4) is 0 Å². The lowest BCUT2D eigenvalue weighted by molar-refractivity contribution is 0.000725. The number of aliphatic hydroxyl groups is 1. The van der Waals surface area contributed by atoms with Gasteiger partial charge in [0, 0.05) is 6.42 Å². The van der Waals surface area contributed by atoms with Crippen molar-refractivity contribution in [2.24, 2.45) is 11.8 Å². The van der Waals surface area contributed by atoms with Crippen LogP contribution in [0.15, 0.2) is 22.7 Å². The number of hydrogen-bond acceptors (Lipinski definition) is 2. The van der Waals surface area contributed by atoms with Crippen molar-refractivity contribution in [1.29, 1.82) is 0 Å². The highest BCUT2D eigenvalue weighted by molar-refractivity contribution is 9.10. The molecule has 3 heteroatoms. The third kappa shape index (κ3) is 5.45. The van der Waals surface area contributed by atoms with Gasteiger partial charge in [-0.05, 0) is 58.3 Å². The Balaban J connectivity index is 2.91. The van der Waals surface area contributed by atoms with Crippen molar-refractivity contribution in [3.63, 3.8) is 0 Å². The molecule has 0 atom stereocenters. The maximum atomic E-state index is 11.0. The van der Waals surface area contributed by atoms with Gasteiger partial charge in [0.2, 0.25) is 0 Å². The highest BCUT2D eigenvalue weighted by atomic mass is 79.9. The summed E-state index contributed by atoms with van der Waals surface area (Å²) in [5.41, 5.74) is 0.512. The third-order valence-corrected chi connectivity index (χ3v) is 3.95. The Morgan fingerprint density at radius 1 is 1.15 bits per heavy atom. The molecule has 1 aromatic carbocycles. The van der Waals surface area contributed by atoms with E-state index in [0.29, 0.717) is 18.3 Å². The second-order valence-corrected chi connectivity index (χ2v) is 7.42. The van der Waals surface area contributed by atoms with E-state index in [4.69, 9.17) is 4.74 Å². The molecule has 2 nitrogen and oxygen atoms in total. The van der Waals surface area contributed by atoms with E-state index in [1.807, 2.05) is 18.2 Å². The average Bonchev–Trinajstić information content (AvgIpc) is 2.26. The van der Waals surface area contributed by atoms with Crippen LogP contribution in [-0.2, 0) is 6.42 Å². The fraction of sp³-hybridized carbons (Fsp3) is 0.647. The van der Waals surface area contributed by atoms with Crippen LogP contribution < -0.4 is 4.74 Å². The number of halogens is 1. The van der Waals surface area contributed by atoms with E-state index in [0.717, 1.165) is 28.6 Å². The van der Waals surface area contributed by atoms with Crippen molar-refractivity contribution in [3.8, 4) is 5.75 Å². The van der Waals surface area contributed by atoms with E-state index < -0.39 is 5.60 Å². The maximum Gasteiger partial charge on any atom is 0.133 e. The van der Waals surface area contributed by atoms with Crippen LogP contribution in [0.4, 0.5) is 0 Å². The second-order valence-electron chi connectivity index (χ2n) is 6.57. The topological polar surface area (TPSA) is 29.5 Å². The third-order valence-electron chi connectivity index (χ3n) is 3.33. The molecule has 20 heavy (non-hydrogen) atoms. The van der Waals surface area contributed by atoms with Gasteiger partial charge in [0.1, 0.15) is 5.75 Å². The molecule has 0 saturated carbocycles. The molecule has 0 heterocycles. The molecule has 0 aromatic heterocycles. The van der Waals surface area contributed by atoms with Crippen molar-refractivity contribution >= 4 is 15.9 Å². The molecule has 0 fully saturated rings. The number of ether oxygens (including phenoxy) is 1. The van der Waals surface area contributed by atoms with E-state index in [1.165, 1.54) is 0 Å². The summed E-state index contributed by atoms with van der Waals surface area (Å²) >= 11 is 3.51. The van der Waals surface area contributed by atoms with Crippen LogP contribution in [0.1, 0.15) is 46.1 Å². The fourth-order valence-corrected chi connectivity index (χ4v) is 3.54. The molecule has 1 rings (SSSR count). The fourth-order valence-electron chi connectivity index (χ4n) is 2.95. The highest BCUT2D eigenvalue weighted by Crippen LogP contribution is 2.32. The quantitative estimate of drug-likeness (QED) is 0.769. The average molecular weight is 343 g/mol. The molecular weight excluding hydrogens is 316 g/mol. The molecule has 0 unspecified atom stereocenters. The zero-order valence-corrected chi connectivity index (χ0v) is 14.8. The first-order chi connectivity index (χ1) is 9.25. The molecule has 0 bridgehead atoms. The van der Waals surface area contributed by atoms with Crippen molar-refractivity contribution in [2.75, 3.05) is 7.11 Å². The predicted molar refractivity (Wildman–Crippen MR) is 88.3 cm³/mol. The minimum absolute atomic E-state index is 0.487. The largest absolute Gasteiger partial charge is 0.496 e. The summed E-state index contributed by atoms with van der Waals surface area (Å²) in [6, 6.07) is 6.03. The zero-order valence-electron chi connectivity index (χ0n) is 13.2. The number of rotatable bonds is 7. The van der Waals surface area contributed by atoms with Crippen LogP contribution in [0.25, 0.3) is 0 Å². The van der Waals surface area contributed by atoms with E-state index >= 15 is 0 Å². The van der Waals surface area contributed by atoms with Gasteiger partial charge in [0.15, 0.2) is 0 Å². The summed E-state index contributed by atoms with van der Waals surface area (Å²) < 4.78 is 6.19. The van der Waals surface area contributed by atoms with Gasteiger partial charge >= 0.3 is 0 Å². The first kappa shape index (κ1) is 17.5. The van der Waals surface area contributed by atoms with Crippen LogP contribution in [0, 0.1) is 11.8 Å². The summed E-state index contributed by atoms with van der Waals surface area (Å²) in [4.78, 5) is 0. The number of hydrogen-bond donors (Lipinski definition) is 1. The molecule has 0 radical (unpaired) electrons. The van der Waals surface area contributed by atoms with Crippen molar-refractivity contribution in [1.82, 2.24) is 0 Å². The summed E-state index contributed by atoms with van der Waals surface area (Å²) in [6.45, 7) is 8.65. The van der Waals surface area contributed by atoms with E-state index in [9.17, 15) is 5.11 Å². The standard InChI is InChI=1S/C17H27BrO2/c1-12(2)9-17(19,10-13(3)4)11-14-6-7-16(20-5)15(18)8-14/h6-8,12-13,19H,9-11H2,1-5H3. The van der Waals surface area contributed by atoms with E-state index in [1.54, 1.807) is 7.11 Å². The number of benzene rings is 1. The molecule has 0 aliphatic carbocycles. The smallest absolute Gasteiger partial charge is 0.133 e. The molecule has 0 amide bonds. The van der Waals surface area contributed by atoms with Gasteiger partial charge in [0.05, 0.1) is 17.2 Å². The van der Waals surface area contributed by atoms with Gasteiger partial charge in [0.25, 0.3) is 0 Å². The Bertz CT molecular complexity index is 417. The first-order valence-electron chi connectivity index (χ1n) is 7.30. The lowest BCUT2D eigenvalue weighted by atomic mass is 9.80. The zero-order chi connectivity index (χ0) is 15.3. The monoisotopic (exact) mass is 342 g/mol. The predicted octanol–water partition coefficient (Wildman–Crippen LogP) is 4.82. The Labute approximate surface area is 131 Å². The van der Waals surface area contributed by atoms with Gasteiger partial charge in [-0.1, -0.05) is 33.8 Å². The molecule has 1 N–H and O–H groups in total. The van der Waals surface area contributed by atoms with Gasteiger partial charge in [-0.2, -0.15) is 0 Å². The van der Waals surface area contributed by atoms with Crippen molar-refractivity contribution in [3.05, 3.63) is 28.2 Å². The summed E-state index contributed by atoms with van der Waals surface area (Å²) in [7, 11) is 1.66. The minimum atomic E-state index is -0.629. The molecule has 0 spiro atoms. The summed E-state index contributed by atoms with van der Waals surface area (Å²) in [6.07, 6.45) is 2.34. The van der Waals surface area contributed by atoms with Crippen molar-refractivity contribution in [2.45, 2.75) is 52.6 Å². The Morgan fingerprint density at radius 2 is 1.70 bits per heavy atom. The number of methoxy groups -OCH3 is 1. The van der Waals surface area contributed by atoms with Gasteiger partial charge < -0.3 is 9.84 Å². The summed E-state index contributed by atoms with van der Waals surface area (Å²) in [5, 5.41) is 11.0. The lowest BCUT2D eigenvalue weighted by Crippen LogP contribution is -2.34. The van der Waals surface area contributed by atoms with Crippen LogP contribution in [0.5, 0.6) is 5.75 Å². The highest BCUT2D eigenvalue weighted by Gasteiger charge is 2.29.